The molecule has 1 unspecified atom stereocenters. The molecule has 2 rings (SSSR count). The van der Waals surface area contributed by atoms with Crippen LogP contribution in [0.15, 0.2) is 0 Å². The second-order valence-electron chi connectivity index (χ2n) is 5.87. The highest BCUT2D eigenvalue weighted by molar-refractivity contribution is 7.05. The Morgan fingerprint density at radius 1 is 1.35 bits per heavy atom. The van der Waals surface area contributed by atoms with Gasteiger partial charge in [0.2, 0.25) is 5.91 Å². The van der Waals surface area contributed by atoms with Gasteiger partial charge in [-0.25, -0.2) is 0 Å². The minimum Gasteiger partial charge on any atom is -0.354 e. The molecule has 0 aromatic carbocycles. The second kappa shape index (κ2) is 6.63. The summed E-state index contributed by atoms with van der Waals surface area (Å²) >= 11 is 1.48. The zero-order chi connectivity index (χ0) is 14.7. The Balaban J connectivity index is 1.88. The Labute approximate surface area is 124 Å². The number of amides is 1. The van der Waals surface area contributed by atoms with Gasteiger partial charge >= 0.3 is 0 Å². The number of likely N-dealkylation sites (tertiary alicyclic amines) is 1. The average molecular weight is 296 g/mol. The van der Waals surface area contributed by atoms with Crippen molar-refractivity contribution in [3.8, 4) is 0 Å². The van der Waals surface area contributed by atoms with Gasteiger partial charge in [-0.05, 0) is 65.2 Å². The number of hydrogen-bond donors (Lipinski definition) is 1. The Bertz CT molecular complexity index is 452. The smallest absolute Gasteiger partial charge is 0.223 e. The van der Waals surface area contributed by atoms with Crippen molar-refractivity contribution in [3.05, 3.63) is 10.6 Å². The van der Waals surface area contributed by atoms with E-state index in [2.05, 4.69) is 26.7 Å². The highest BCUT2D eigenvalue weighted by Crippen LogP contribution is 2.29. The van der Waals surface area contributed by atoms with E-state index in [9.17, 15) is 4.79 Å². The number of piperidine rings is 1. The third kappa shape index (κ3) is 3.55. The fourth-order valence-corrected chi connectivity index (χ4v) is 3.46. The van der Waals surface area contributed by atoms with Crippen molar-refractivity contribution in [1.29, 1.82) is 0 Å². The number of hydrogen-bond acceptors (Lipinski definition) is 5. The quantitative estimate of drug-likeness (QED) is 0.925. The van der Waals surface area contributed by atoms with Gasteiger partial charge in [-0.3, -0.25) is 9.69 Å². The van der Waals surface area contributed by atoms with Crippen LogP contribution in [0, 0.1) is 12.8 Å². The molecule has 0 aliphatic carbocycles. The molecule has 1 saturated heterocycles. The van der Waals surface area contributed by atoms with Crippen molar-refractivity contribution < 1.29 is 4.79 Å². The first-order valence-electron chi connectivity index (χ1n) is 7.32. The van der Waals surface area contributed by atoms with E-state index in [1.54, 1.807) is 0 Å². The first kappa shape index (κ1) is 15.4. The Morgan fingerprint density at radius 3 is 2.50 bits per heavy atom. The summed E-state index contributed by atoms with van der Waals surface area (Å²) in [4.78, 5) is 15.7. The molecule has 1 atom stereocenters. The van der Waals surface area contributed by atoms with Crippen LogP contribution in [0.5, 0.6) is 0 Å². The van der Waals surface area contributed by atoms with Gasteiger partial charge in [0.15, 0.2) is 0 Å². The van der Waals surface area contributed by atoms with Crippen molar-refractivity contribution in [2.24, 2.45) is 5.92 Å². The average Bonchev–Trinajstić information content (AvgIpc) is 2.83. The third-order valence-corrected chi connectivity index (χ3v) is 4.94. The van der Waals surface area contributed by atoms with Crippen LogP contribution in [0.4, 0.5) is 0 Å². The maximum Gasteiger partial charge on any atom is 0.223 e. The van der Waals surface area contributed by atoms with Gasteiger partial charge in [0.1, 0.15) is 0 Å². The van der Waals surface area contributed by atoms with Crippen LogP contribution in [0.3, 0.4) is 0 Å². The Hall–Kier alpha value is -1.01. The first-order valence-corrected chi connectivity index (χ1v) is 8.09. The summed E-state index contributed by atoms with van der Waals surface area (Å²) in [6, 6.07) is 0.578. The molecular formula is C14H24N4OS. The topological polar surface area (TPSA) is 58.1 Å². The molecule has 1 N–H and O–H groups in total. The van der Waals surface area contributed by atoms with Crippen LogP contribution in [-0.4, -0.2) is 39.5 Å². The molecule has 1 aliphatic rings. The van der Waals surface area contributed by atoms with Crippen LogP contribution in [-0.2, 0) is 4.79 Å². The normalized spacial score (nSPS) is 19.2. The molecule has 0 radical (unpaired) electrons. The number of aromatic nitrogens is 2. The summed E-state index contributed by atoms with van der Waals surface area (Å²) in [7, 11) is 0. The summed E-state index contributed by atoms with van der Waals surface area (Å²) < 4.78 is 4.01. The zero-order valence-electron chi connectivity index (χ0n) is 12.7. The molecule has 1 amide bonds. The van der Waals surface area contributed by atoms with Crippen molar-refractivity contribution >= 4 is 17.4 Å². The molecular weight excluding hydrogens is 272 g/mol. The third-order valence-electron chi connectivity index (χ3n) is 3.95. The van der Waals surface area contributed by atoms with E-state index in [4.69, 9.17) is 0 Å². The van der Waals surface area contributed by atoms with Crippen LogP contribution in [0.25, 0.3) is 0 Å². The highest BCUT2D eigenvalue weighted by atomic mass is 32.1. The number of carbonyl (C=O) groups excluding carboxylic acids is 1. The minimum atomic E-state index is 0.168. The lowest BCUT2D eigenvalue weighted by Crippen LogP contribution is -2.43. The van der Waals surface area contributed by atoms with E-state index >= 15 is 0 Å². The lowest BCUT2D eigenvalue weighted by atomic mass is 9.94. The monoisotopic (exact) mass is 296 g/mol. The Kier molecular flexibility index (Phi) is 5.10. The van der Waals surface area contributed by atoms with Crippen molar-refractivity contribution in [1.82, 2.24) is 19.8 Å². The fourth-order valence-electron chi connectivity index (χ4n) is 2.74. The van der Waals surface area contributed by atoms with Gasteiger partial charge in [0.05, 0.1) is 10.6 Å². The number of nitrogens with zero attached hydrogens (tertiary/aromatic N) is 3. The predicted octanol–water partition coefficient (Wildman–Crippen LogP) is 2.14. The molecule has 1 fully saturated rings. The molecule has 0 bridgehead atoms. The predicted molar refractivity (Wildman–Crippen MR) is 80.6 cm³/mol. The molecule has 2 heterocycles. The SMILES string of the molecule is Cc1nnsc1C(C)N1CCC(C(=O)NC(C)C)CC1. The molecule has 5 nitrogen and oxygen atoms in total. The van der Waals surface area contributed by atoms with Crippen molar-refractivity contribution in [3.63, 3.8) is 0 Å². The van der Waals surface area contributed by atoms with Crippen LogP contribution in [0.2, 0.25) is 0 Å². The van der Waals surface area contributed by atoms with E-state index in [1.807, 2.05) is 20.8 Å². The van der Waals surface area contributed by atoms with Crippen LogP contribution >= 0.6 is 11.5 Å². The number of rotatable bonds is 4. The largest absolute Gasteiger partial charge is 0.354 e. The number of nitrogens with one attached hydrogen (secondary N) is 1. The fraction of sp³-hybridized carbons (Fsp3) is 0.786. The molecule has 0 spiro atoms. The van der Waals surface area contributed by atoms with Crippen LogP contribution < -0.4 is 5.32 Å². The number of aryl methyl sites for hydroxylation is 1. The molecule has 6 heteroatoms. The standard InChI is InChI=1S/C14H24N4OS/c1-9(2)15-14(19)12-5-7-18(8-6-12)11(4)13-10(3)16-17-20-13/h9,11-12H,5-8H2,1-4H3,(H,15,19). The molecule has 112 valence electrons. The highest BCUT2D eigenvalue weighted by Gasteiger charge is 2.29. The number of carbonyl (C=O) groups is 1. The second-order valence-corrected chi connectivity index (χ2v) is 6.66. The lowest BCUT2D eigenvalue weighted by molar-refractivity contribution is -0.127. The minimum absolute atomic E-state index is 0.168. The molecule has 1 aromatic heterocycles. The summed E-state index contributed by atoms with van der Waals surface area (Å²) in [6.45, 7) is 10.2. The van der Waals surface area contributed by atoms with Crippen molar-refractivity contribution in [2.45, 2.75) is 52.6 Å². The summed E-state index contributed by atoms with van der Waals surface area (Å²) in [5.41, 5.74) is 1.03. The van der Waals surface area contributed by atoms with E-state index < -0.39 is 0 Å². The van der Waals surface area contributed by atoms with Gasteiger partial charge in [-0.15, -0.1) is 5.10 Å². The van der Waals surface area contributed by atoms with Crippen molar-refractivity contribution in [2.75, 3.05) is 13.1 Å². The Morgan fingerprint density at radius 2 is 2.00 bits per heavy atom. The zero-order valence-corrected chi connectivity index (χ0v) is 13.5. The van der Waals surface area contributed by atoms with Gasteiger partial charge < -0.3 is 5.32 Å². The van der Waals surface area contributed by atoms with Gasteiger partial charge in [0.25, 0.3) is 0 Å². The van der Waals surface area contributed by atoms with Gasteiger partial charge in [-0.2, -0.15) is 0 Å². The maximum absolute atomic E-state index is 12.0. The lowest BCUT2D eigenvalue weighted by Gasteiger charge is -2.35. The van der Waals surface area contributed by atoms with E-state index in [0.29, 0.717) is 6.04 Å². The molecule has 1 aromatic rings. The molecule has 1 aliphatic heterocycles. The summed E-state index contributed by atoms with van der Waals surface area (Å²) in [6.07, 6.45) is 1.88. The van der Waals surface area contributed by atoms with E-state index in [-0.39, 0.29) is 17.9 Å². The molecule has 0 saturated carbocycles. The van der Waals surface area contributed by atoms with E-state index in [0.717, 1.165) is 31.6 Å². The summed E-state index contributed by atoms with van der Waals surface area (Å²) in [5, 5.41) is 7.10. The summed E-state index contributed by atoms with van der Waals surface area (Å²) in [5.74, 6) is 0.379. The first-order chi connectivity index (χ1) is 9.49. The molecule has 20 heavy (non-hydrogen) atoms. The van der Waals surface area contributed by atoms with Gasteiger partial charge in [-0.1, -0.05) is 4.49 Å². The van der Waals surface area contributed by atoms with Crippen LogP contribution in [0.1, 0.15) is 50.2 Å². The maximum atomic E-state index is 12.0. The van der Waals surface area contributed by atoms with E-state index in [1.165, 1.54) is 16.4 Å². The van der Waals surface area contributed by atoms with Gasteiger partial charge in [0, 0.05) is 18.0 Å².